The van der Waals surface area contributed by atoms with Gasteiger partial charge in [0.25, 0.3) is 5.91 Å². The molecule has 7 nitrogen and oxygen atoms in total. The topological polar surface area (TPSA) is 88.8 Å². The Morgan fingerprint density at radius 1 is 1.36 bits per heavy atom. The Hall–Kier alpha value is -3.16. The van der Waals surface area contributed by atoms with Gasteiger partial charge in [-0.1, -0.05) is 0 Å². The lowest BCUT2D eigenvalue weighted by molar-refractivity contribution is -0.131. The Balaban J connectivity index is 1.81. The minimum absolute atomic E-state index is 0.00284. The third-order valence-corrected chi connectivity index (χ3v) is 4.06. The number of ether oxygens (including phenoxy) is 1. The number of hydrogen-bond donors (Lipinski definition) is 1. The first-order valence-corrected chi connectivity index (χ1v) is 7.41. The van der Waals surface area contributed by atoms with Crippen LogP contribution in [0.25, 0.3) is 0 Å². The second-order valence-electron chi connectivity index (χ2n) is 5.70. The summed E-state index contributed by atoms with van der Waals surface area (Å²) < 4.78 is 23.7. The number of nitrogens with zero attached hydrogens (tertiary/aromatic N) is 1. The molecule has 2 heterocycles. The first-order valence-electron chi connectivity index (χ1n) is 7.41. The van der Waals surface area contributed by atoms with Gasteiger partial charge in [-0.15, -0.1) is 0 Å². The SMILES string of the molecule is COc1ccc(C(=O)CN2C(=O)NC(C)(c3ccco3)C2=O)cc1F. The lowest BCUT2D eigenvalue weighted by Gasteiger charge is -2.18. The fourth-order valence-corrected chi connectivity index (χ4v) is 2.65. The normalized spacial score (nSPS) is 19.9. The maximum atomic E-state index is 13.7. The summed E-state index contributed by atoms with van der Waals surface area (Å²) >= 11 is 0. The van der Waals surface area contributed by atoms with E-state index in [0.717, 1.165) is 11.0 Å². The maximum absolute atomic E-state index is 13.7. The number of urea groups is 1. The maximum Gasteiger partial charge on any atom is 0.325 e. The van der Waals surface area contributed by atoms with Crippen LogP contribution >= 0.6 is 0 Å². The number of carbonyl (C=O) groups excluding carboxylic acids is 3. The van der Waals surface area contributed by atoms with E-state index >= 15 is 0 Å². The van der Waals surface area contributed by atoms with E-state index in [0.29, 0.717) is 0 Å². The average Bonchev–Trinajstić information content (AvgIpc) is 3.19. The summed E-state index contributed by atoms with van der Waals surface area (Å²) in [6.45, 7) is 0.982. The minimum Gasteiger partial charge on any atom is -0.494 e. The summed E-state index contributed by atoms with van der Waals surface area (Å²) in [5.41, 5.74) is -1.35. The molecule has 3 amide bonds. The molecule has 2 aromatic rings. The summed E-state index contributed by atoms with van der Waals surface area (Å²) in [5.74, 6) is -1.64. The van der Waals surface area contributed by atoms with Gasteiger partial charge in [-0.2, -0.15) is 0 Å². The fraction of sp³-hybridized carbons (Fsp3) is 0.235. The third kappa shape index (κ3) is 2.75. The van der Waals surface area contributed by atoms with Crippen molar-refractivity contribution >= 4 is 17.7 Å². The predicted molar refractivity (Wildman–Crippen MR) is 83.6 cm³/mol. The van der Waals surface area contributed by atoms with Crippen molar-refractivity contribution in [2.45, 2.75) is 12.5 Å². The van der Waals surface area contributed by atoms with E-state index in [2.05, 4.69) is 5.32 Å². The molecule has 0 saturated carbocycles. The van der Waals surface area contributed by atoms with Crippen LogP contribution in [-0.2, 0) is 10.3 Å². The van der Waals surface area contributed by atoms with Crippen molar-refractivity contribution in [2.24, 2.45) is 0 Å². The third-order valence-electron chi connectivity index (χ3n) is 4.06. The largest absolute Gasteiger partial charge is 0.494 e. The zero-order valence-corrected chi connectivity index (χ0v) is 13.5. The van der Waals surface area contributed by atoms with Crippen molar-refractivity contribution in [3.05, 3.63) is 53.7 Å². The van der Waals surface area contributed by atoms with Crippen molar-refractivity contribution < 1.29 is 27.9 Å². The number of imide groups is 1. The second kappa shape index (κ2) is 6.04. The van der Waals surface area contributed by atoms with Gasteiger partial charge in [-0.3, -0.25) is 14.5 Å². The summed E-state index contributed by atoms with van der Waals surface area (Å²) in [4.78, 5) is 37.9. The Labute approximate surface area is 142 Å². The van der Waals surface area contributed by atoms with E-state index in [9.17, 15) is 18.8 Å². The zero-order chi connectivity index (χ0) is 18.2. The molecule has 0 bridgehead atoms. The number of furan rings is 1. The number of halogens is 1. The molecular formula is C17H15FN2O5. The van der Waals surface area contributed by atoms with Crippen molar-refractivity contribution in [3.63, 3.8) is 0 Å². The molecule has 8 heteroatoms. The molecule has 0 radical (unpaired) electrons. The highest BCUT2D eigenvalue weighted by Gasteiger charge is 2.51. The van der Waals surface area contributed by atoms with Crippen LogP contribution in [0.3, 0.4) is 0 Å². The molecule has 1 atom stereocenters. The first kappa shape index (κ1) is 16.7. The number of nitrogens with one attached hydrogen (secondary N) is 1. The average molecular weight is 346 g/mol. The smallest absolute Gasteiger partial charge is 0.325 e. The second-order valence-corrected chi connectivity index (χ2v) is 5.70. The molecule has 25 heavy (non-hydrogen) atoms. The van der Waals surface area contributed by atoms with Gasteiger partial charge in [0, 0.05) is 5.56 Å². The Kier molecular flexibility index (Phi) is 4.03. The molecule has 0 spiro atoms. The molecule has 1 aromatic carbocycles. The molecule has 1 N–H and O–H groups in total. The summed E-state index contributed by atoms with van der Waals surface area (Å²) in [6, 6.07) is 6.11. The van der Waals surface area contributed by atoms with Gasteiger partial charge in [-0.25, -0.2) is 9.18 Å². The van der Waals surface area contributed by atoms with Gasteiger partial charge in [-0.05, 0) is 37.3 Å². The molecule has 1 unspecified atom stereocenters. The Morgan fingerprint density at radius 3 is 2.72 bits per heavy atom. The lowest BCUT2D eigenvalue weighted by atomic mass is 9.99. The molecule has 3 rings (SSSR count). The highest BCUT2D eigenvalue weighted by atomic mass is 19.1. The molecule has 1 aliphatic rings. The zero-order valence-electron chi connectivity index (χ0n) is 13.5. The number of amides is 3. The molecule has 130 valence electrons. The monoisotopic (exact) mass is 346 g/mol. The van der Waals surface area contributed by atoms with Crippen molar-refractivity contribution in [1.82, 2.24) is 10.2 Å². The highest BCUT2D eigenvalue weighted by molar-refractivity contribution is 6.11. The van der Waals surface area contributed by atoms with Crippen LogP contribution in [0.15, 0.2) is 41.0 Å². The van der Waals surface area contributed by atoms with Crippen LogP contribution in [0.2, 0.25) is 0 Å². The lowest BCUT2D eigenvalue weighted by Crippen LogP contribution is -2.41. The molecular weight excluding hydrogens is 331 g/mol. The Bertz CT molecular complexity index is 849. The van der Waals surface area contributed by atoms with Crippen molar-refractivity contribution in [1.29, 1.82) is 0 Å². The van der Waals surface area contributed by atoms with Gasteiger partial charge < -0.3 is 14.5 Å². The van der Waals surface area contributed by atoms with E-state index in [4.69, 9.17) is 9.15 Å². The number of benzene rings is 1. The van der Waals surface area contributed by atoms with Gasteiger partial charge in [0.1, 0.15) is 5.76 Å². The molecule has 1 aromatic heterocycles. The minimum atomic E-state index is -1.38. The number of methoxy groups -OCH3 is 1. The Morgan fingerprint density at radius 2 is 2.12 bits per heavy atom. The summed E-state index contributed by atoms with van der Waals surface area (Å²) in [5, 5.41) is 2.52. The first-order chi connectivity index (χ1) is 11.9. The van der Waals surface area contributed by atoms with Gasteiger partial charge in [0.05, 0.1) is 19.9 Å². The quantitative estimate of drug-likeness (QED) is 0.661. The molecule has 1 fully saturated rings. The van der Waals surface area contributed by atoms with Crippen LogP contribution in [-0.4, -0.2) is 36.3 Å². The number of rotatable bonds is 5. The number of hydrogen-bond acceptors (Lipinski definition) is 5. The van der Waals surface area contributed by atoms with E-state index in [1.54, 1.807) is 12.1 Å². The number of Topliss-reactive ketones (excluding diaryl/α,β-unsaturated/α-hetero) is 1. The number of ketones is 1. The van der Waals surface area contributed by atoms with Crippen LogP contribution in [0, 0.1) is 5.82 Å². The van der Waals surface area contributed by atoms with E-state index in [-0.39, 0.29) is 17.1 Å². The van der Waals surface area contributed by atoms with Crippen LogP contribution < -0.4 is 10.1 Å². The molecule has 1 saturated heterocycles. The van der Waals surface area contributed by atoms with E-state index in [1.165, 1.54) is 32.4 Å². The van der Waals surface area contributed by atoms with Crippen LogP contribution in [0.5, 0.6) is 5.75 Å². The number of carbonyl (C=O) groups is 3. The summed E-state index contributed by atoms with van der Waals surface area (Å²) in [6.07, 6.45) is 1.38. The van der Waals surface area contributed by atoms with Gasteiger partial charge >= 0.3 is 6.03 Å². The van der Waals surface area contributed by atoms with Gasteiger partial charge in [0.15, 0.2) is 22.9 Å². The van der Waals surface area contributed by atoms with Gasteiger partial charge in [0.2, 0.25) is 0 Å². The van der Waals surface area contributed by atoms with E-state index in [1.807, 2.05) is 0 Å². The van der Waals surface area contributed by atoms with Crippen LogP contribution in [0.1, 0.15) is 23.0 Å². The fourth-order valence-electron chi connectivity index (χ4n) is 2.65. The molecule has 0 aliphatic carbocycles. The van der Waals surface area contributed by atoms with E-state index < -0.39 is 35.6 Å². The predicted octanol–water partition coefficient (Wildman–Crippen LogP) is 2.08. The standard InChI is InChI=1S/C17H15FN2O5/c1-17(14-4-3-7-25-14)15(22)20(16(23)19-17)9-12(21)10-5-6-13(24-2)11(18)8-10/h3-8H,9H2,1-2H3,(H,19,23). The van der Waals surface area contributed by atoms with Crippen LogP contribution in [0.4, 0.5) is 9.18 Å². The van der Waals surface area contributed by atoms with Crippen molar-refractivity contribution in [3.8, 4) is 5.75 Å². The summed E-state index contributed by atoms with van der Waals surface area (Å²) in [7, 11) is 1.31. The molecule has 1 aliphatic heterocycles. The van der Waals surface area contributed by atoms with Crippen molar-refractivity contribution in [2.75, 3.05) is 13.7 Å². The highest BCUT2D eigenvalue weighted by Crippen LogP contribution is 2.29.